The van der Waals surface area contributed by atoms with Crippen LogP contribution in [0.15, 0.2) is 97.8 Å². The van der Waals surface area contributed by atoms with Crippen molar-refractivity contribution in [1.29, 1.82) is 0 Å². The van der Waals surface area contributed by atoms with E-state index in [1.165, 1.54) is 12.7 Å². The lowest BCUT2D eigenvalue weighted by molar-refractivity contribution is 0.398. The summed E-state index contributed by atoms with van der Waals surface area (Å²) in [4.78, 5) is 20.0. The molecule has 0 bridgehead atoms. The third-order valence-electron chi connectivity index (χ3n) is 7.53. The van der Waals surface area contributed by atoms with Crippen molar-refractivity contribution in [2.75, 3.05) is 14.2 Å². The van der Waals surface area contributed by atoms with Crippen LogP contribution in [0.3, 0.4) is 0 Å². The van der Waals surface area contributed by atoms with Gasteiger partial charge in [0.05, 0.1) is 58.7 Å². The number of methoxy groups -OCH3 is 2. The Kier molecular flexibility index (Phi) is 11.6. The SMILES string of the molecule is COc1cc2c(I)c[nH]c2cn1.COc1cc2c(I)cn(Cc3ccc4ncc(Cl)cc4c3)c2cn1.ClCc1ccc2ncc(Cl)cc2c1. The van der Waals surface area contributed by atoms with Crippen LogP contribution in [0.4, 0.5) is 0 Å². The van der Waals surface area contributed by atoms with Crippen LogP contribution >= 0.6 is 80.0 Å². The first-order valence-electron chi connectivity index (χ1n) is 14.7. The largest absolute Gasteiger partial charge is 0.481 e. The number of H-pyrrole nitrogens is 1. The van der Waals surface area contributed by atoms with Gasteiger partial charge in [-0.05, 0) is 92.7 Å². The Hall–Kier alpha value is -3.43. The van der Waals surface area contributed by atoms with Gasteiger partial charge >= 0.3 is 0 Å². The van der Waals surface area contributed by atoms with Crippen molar-refractivity contribution in [2.24, 2.45) is 0 Å². The molecule has 0 atom stereocenters. The monoisotopic (exact) mass is 934 g/mol. The summed E-state index contributed by atoms with van der Waals surface area (Å²) in [7, 11) is 3.25. The maximum atomic E-state index is 6.05. The van der Waals surface area contributed by atoms with E-state index in [0.717, 1.165) is 55.7 Å². The third-order valence-corrected chi connectivity index (χ3v) is 10.0. The van der Waals surface area contributed by atoms with E-state index in [2.05, 4.69) is 93.0 Å². The number of nitrogens with one attached hydrogen (secondary N) is 1. The summed E-state index contributed by atoms with van der Waals surface area (Å²) in [5.41, 5.74) is 6.29. The molecule has 0 aliphatic heterocycles. The predicted octanol–water partition coefficient (Wildman–Crippen LogP) is 10.7. The Morgan fingerprint density at radius 2 is 1.29 bits per heavy atom. The number of aromatic amines is 1. The van der Waals surface area contributed by atoms with Gasteiger partial charge in [-0.25, -0.2) is 9.97 Å². The molecule has 248 valence electrons. The smallest absolute Gasteiger partial charge is 0.213 e. The van der Waals surface area contributed by atoms with E-state index in [4.69, 9.17) is 44.3 Å². The number of fused-ring (bicyclic) bond motifs is 4. The van der Waals surface area contributed by atoms with E-state index in [0.29, 0.717) is 27.7 Å². The fourth-order valence-electron chi connectivity index (χ4n) is 5.13. The second kappa shape index (κ2) is 16.1. The zero-order chi connectivity index (χ0) is 34.5. The number of ether oxygens (including phenoxy) is 2. The Morgan fingerprint density at radius 3 is 1.92 bits per heavy atom. The Bertz CT molecular complexity index is 2420. The molecule has 0 aliphatic carbocycles. The van der Waals surface area contributed by atoms with Gasteiger partial charge in [0.15, 0.2) is 0 Å². The van der Waals surface area contributed by atoms with Gasteiger partial charge in [0.1, 0.15) is 0 Å². The van der Waals surface area contributed by atoms with E-state index < -0.39 is 0 Å². The maximum absolute atomic E-state index is 6.05. The highest BCUT2D eigenvalue weighted by molar-refractivity contribution is 14.1. The van der Waals surface area contributed by atoms with Crippen molar-refractivity contribution < 1.29 is 9.47 Å². The Morgan fingerprint density at radius 1 is 0.694 bits per heavy atom. The van der Waals surface area contributed by atoms with Crippen molar-refractivity contribution in [2.45, 2.75) is 12.4 Å². The molecule has 8 aromatic rings. The summed E-state index contributed by atoms with van der Waals surface area (Å²) in [6, 6.07) is 19.9. The summed E-state index contributed by atoms with van der Waals surface area (Å²) < 4.78 is 14.8. The average Bonchev–Trinajstić information content (AvgIpc) is 3.65. The summed E-state index contributed by atoms with van der Waals surface area (Å²) >= 11 is 22.2. The minimum atomic E-state index is 0.516. The molecule has 6 heterocycles. The number of hydrogen-bond donors (Lipinski definition) is 1. The van der Waals surface area contributed by atoms with Crippen molar-refractivity contribution in [3.05, 3.63) is 126 Å². The zero-order valence-electron chi connectivity index (χ0n) is 26.1. The number of hydrogen-bond acceptors (Lipinski definition) is 6. The van der Waals surface area contributed by atoms with Crippen molar-refractivity contribution in [1.82, 2.24) is 29.5 Å². The summed E-state index contributed by atoms with van der Waals surface area (Å²) in [5, 5.41) is 5.68. The summed E-state index contributed by atoms with van der Waals surface area (Å²) in [6.07, 6.45) is 11.0. The molecule has 0 amide bonds. The highest BCUT2D eigenvalue weighted by Crippen LogP contribution is 2.27. The third kappa shape index (κ3) is 8.48. The van der Waals surface area contributed by atoms with Gasteiger partial charge in [0, 0.05) is 78.0 Å². The van der Waals surface area contributed by atoms with Crippen LogP contribution in [-0.4, -0.2) is 43.7 Å². The number of halogens is 5. The van der Waals surface area contributed by atoms with Crippen molar-refractivity contribution >= 4 is 124 Å². The molecule has 1 N–H and O–H groups in total. The molecule has 6 aromatic heterocycles. The predicted molar refractivity (Wildman–Crippen MR) is 217 cm³/mol. The number of rotatable bonds is 5. The van der Waals surface area contributed by atoms with Gasteiger partial charge in [-0.3, -0.25) is 9.97 Å². The van der Waals surface area contributed by atoms with Crippen LogP contribution in [0, 0.1) is 7.14 Å². The number of benzene rings is 2. The number of aromatic nitrogens is 6. The average molecular weight is 936 g/mol. The van der Waals surface area contributed by atoms with Crippen LogP contribution < -0.4 is 9.47 Å². The Balaban J connectivity index is 0.000000140. The highest BCUT2D eigenvalue weighted by atomic mass is 127. The van der Waals surface area contributed by atoms with Crippen LogP contribution in [0.25, 0.3) is 43.6 Å². The molecule has 8 rings (SSSR count). The topological polar surface area (TPSA) is 90.7 Å². The van der Waals surface area contributed by atoms with Crippen molar-refractivity contribution in [3.63, 3.8) is 0 Å². The second-order valence-corrected chi connectivity index (χ2v) is 14.2. The Labute approximate surface area is 324 Å². The minimum absolute atomic E-state index is 0.516. The molecule has 0 spiro atoms. The van der Waals surface area contributed by atoms with Gasteiger partial charge < -0.3 is 19.0 Å². The van der Waals surface area contributed by atoms with E-state index in [1.807, 2.05) is 60.9 Å². The molecule has 0 unspecified atom stereocenters. The lowest BCUT2D eigenvalue weighted by Crippen LogP contribution is -1.98. The maximum Gasteiger partial charge on any atom is 0.213 e. The molecule has 8 nitrogen and oxygen atoms in total. The van der Waals surface area contributed by atoms with E-state index in [1.54, 1.807) is 32.8 Å². The first-order chi connectivity index (χ1) is 23.7. The van der Waals surface area contributed by atoms with E-state index >= 15 is 0 Å². The quantitative estimate of drug-likeness (QED) is 0.137. The molecule has 0 radical (unpaired) electrons. The molecule has 0 fully saturated rings. The molecule has 13 heteroatoms. The van der Waals surface area contributed by atoms with Gasteiger partial charge in [0.2, 0.25) is 11.8 Å². The second-order valence-electron chi connectivity index (χ2n) is 10.8. The fraction of sp³-hybridized carbons (Fsp3) is 0.111. The first kappa shape index (κ1) is 35.4. The first-order valence-corrected chi connectivity index (χ1v) is 18.2. The molecular formula is C36H27Cl3I2N6O2. The molecule has 0 aliphatic rings. The normalized spacial score (nSPS) is 10.9. The lowest BCUT2D eigenvalue weighted by Gasteiger charge is -2.07. The van der Waals surface area contributed by atoms with E-state index in [9.17, 15) is 0 Å². The van der Waals surface area contributed by atoms with Crippen LogP contribution in [0.2, 0.25) is 10.0 Å². The van der Waals surface area contributed by atoms with Crippen LogP contribution in [-0.2, 0) is 12.4 Å². The van der Waals surface area contributed by atoms with Crippen LogP contribution in [0.5, 0.6) is 11.8 Å². The van der Waals surface area contributed by atoms with Gasteiger partial charge in [-0.15, -0.1) is 11.6 Å². The molecule has 0 saturated carbocycles. The lowest BCUT2D eigenvalue weighted by atomic mass is 10.1. The van der Waals surface area contributed by atoms with Gasteiger partial charge in [-0.2, -0.15) is 0 Å². The minimum Gasteiger partial charge on any atom is -0.481 e. The van der Waals surface area contributed by atoms with Crippen molar-refractivity contribution in [3.8, 4) is 11.8 Å². The van der Waals surface area contributed by atoms with Crippen LogP contribution in [0.1, 0.15) is 11.1 Å². The zero-order valence-corrected chi connectivity index (χ0v) is 32.7. The van der Waals surface area contributed by atoms with Gasteiger partial charge in [-0.1, -0.05) is 35.3 Å². The molecular weight excluding hydrogens is 909 g/mol. The summed E-state index contributed by atoms with van der Waals surface area (Å²) in [5.74, 6) is 1.80. The molecule has 0 saturated heterocycles. The number of alkyl halides is 1. The molecule has 2 aromatic carbocycles. The highest BCUT2D eigenvalue weighted by Gasteiger charge is 2.10. The summed E-state index contributed by atoms with van der Waals surface area (Å²) in [6.45, 7) is 0.760. The van der Waals surface area contributed by atoms with E-state index in [-0.39, 0.29) is 0 Å². The standard InChI is InChI=1S/C18H13ClIN3O.C10H7Cl2N.C8H7IN2O/c1-24-18-6-14-15(20)10-23(17(14)8-22-18)9-11-2-3-16-12(4-11)5-13(19)7-21-16;11-5-7-1-2-10-8(3-7)4-9(12)6-13-10;1-12-8-2-5-6(9)3-10-7(5)4-11-8/h2-8,10H,9H2,1H3;1-4,6H,5H2;2-4,10H,1H3. The number of nitrogens with zero attached hydrogens (tertiary/aromatic N) is 5. The molecule has 49 heavy (non-hydrogen) atoms. The fourth-order valence-corrected chi connectivity index (χ4v) is 7.00. The van der Waals surface area contributed by atoms with Gasteiger partial charge in [0.25, 0.3) is 0 Å². The number of pyridine rings is 4.